The molecule has 1 aliphatic heterocycles. The highest BCUT2D eigenvalue weighted by Crippen LogP contribution is 2.27. The number of amides is 3. The smallest absolute Gasteiger partial charge is 0.411 e. The van der Waals surface area contributed by atoms with Crippen molar-refractivity contribution < 1.29 is 19.1 Å². The third kappa shape index (κ3) is 5.81. The van der Waals surface area contributed by atoms with E-state index in [1.165, 1.54) is 0 Å². The SMILES string of the molecule is Cc1ccc(C)c(N2CC(OC(=O)Nc3ccc(NC(=O)Cc4ccccc4)cc3)CC2=O)c1. The number of rotatable bonds is 6. The first-order chi connectivity index (χ1) is 16.4. The summed E-state index contributed by atoms with van der Waals surface area (Å²) in [4.78, 5) is 38.8. The number of carbonyl (C=O) groups excluding carboxylic acids is 3. The molecule has 1 atom stereocenters. The lowest BCUT2D eigenvalue weighted by atomic mass is 10.1. The second kappa shape index (κ2) is 10.2. The van der Waals surface area contributed by atoms with Crippen LogP contribution in [0.2, 0.25) is 0 Å². The number of hydrogen-bond donors (Lipinski definition) is 2. The van der Waals surface area contributed by atoms with Gasteiger partial charge in [0.1, 0.15) is 6.10 Å². The highest BCUT2D eigenvalue weighted by molar-refractivity contribution is 5.97. The topological polar surface area (TPSA) is 87.7 Å². The summed E-state index contributed by atoms with van der Waals surface area (Å²) < 4.78 is 5.49. The van der Waals surface area contributed by atoms with E-state index < -0.39 is 12.2 Å². The van der Waals surface area contributed by atoms with Crippen LogP contribution in [0, 0.1) is 13.8 Å². The maximum absolute atomic E-state index is 12.5. The molecule has 0 spiro atoms. The van der Waals surface area contributed by atoms with Gasteiger partial charge in [0.2, 0.25) is 11.8 Å². The molecule has 0 aromatic heterocycles. The standard InChI is InChI=1S/C27H27N3O4/c1-18-8-9-19(2)24(14-18)30-17-23(16-26(30)32)34-27(33)29-22-12-10-21(11-13-22)28-25(31)15-20-6-4-3-5-7-20/h3-14,23H,15-17H2,1-2H3,(H,28,31)(H,29,33). The van der Waals surface area contributed by atoms with Crippen LogP contribution in [0.5, 0.6) is 0 Å². The fraction of sp³-hybridized carbons (Fsp3) is 0.222. The lowest BCUT2D eigenvalue weighted by molar-refractivity contribution is -0.117. The van der Waals surface area contributed by atoms with Gasteiger partial charge in [-0.1, -0.05) is 42.5 Å². The van der Waals surface area contributed by atoms with Crippen LogP contribution in [-0.2, 0) is 20.7 Å². The summed E-state index contributed by atoms with van der Waals surface area (Å²) in [6.45, 7) is 4.25. The van der Waals surface area contributed by atoms with E-state index in [2.05, 4.69) is 10.6 Å². The largest absolute Gasteiger partial charge is 0.444 e. The zero-order valence-electron chi connectivity index (χ0n) is 19.2. The molecule has 174 valence electrons. The van der Waals surface area contributed by atoms with Gasteiger partial charge in [0.25, 0.3) is 0 Å². The third-order valence-electron chi connectivity index (χ3n) is 5.64. The number of nitrogens with one attached hydrogen (secondary N) is 2. The van der Waals surface area contributed by atoms with E-state index in [1.54, 1.807) is 29.2 Å². The zero-order valence-corrected chi connectivity index (χ0v) is 19.2. The van der Waals surface area contributed by atoms with Gasteiger partial charge in [0.05, 0.1) is 19.4 Å². The molecule has 1 aliphatic rings. The van der Waals surface area contributed by atoms with Crippen LogP contribution in [-0.4, -0.2) is 30.6 Å². The molecule has 0 radical (unpaired) electrons. The van der Waals surface area contributed by atoms with Crippen molar-refractivity contribution in [1.29, 1.82) is 0 Å². The minimum Gasteiger partial charge on any atom is -0.444 e. The fourth-order valence-electron chi connectivity index (χ4n) is 3.92. The molecule has 3 aromatic rings. The number of benzene rings is 3. The summed E-state index contributed by atoms with van der Waals surface area (Å²) in [7, 11) is 0. The highest BCUT2D eigenvalue weighted by atomic mass is 16.6. The second-order valence-electron chi connectivity index (χ2n) is 8.44. The van der Waals surface area contributed by atoms with Crippen LogP contribution in [0.25, 0.3) is 0 Å². The van der Waals surface area contributed by atoms with Crippen LogP contribution in [0.15, 0.2) is 72.8 Å². The number of anilines is 3. The third-order valence-corrected chi connectivity index (χ3v) is 5.64. The van der Waals surface area contributed by atoms with Crippen LogP contribution < -0.4 is 15.5 Å². The molecule has 3 aromatic carbocycles. The van der Waals surface area contributed by atoms with E-state index in [0.29, 0.717) is 17.9 Å². The van der Waals surface area contributed by atoms with Gasteiger partial charge < -0.3 is 15.0 Å². The Hall–Kier alpha value is -4.13. The Morgan fingerprint density at radius 1 is 0.941 bits per heavy atom. The van der Waals surface area contributed by atoms with E-state index in [0.717, 1.165) is 22.4 Å². The Bertz CT molecular complexity index is 1190. The van der Waals surface area contributed by atoms with Crippen molar-refractivity contribution in [3.8, 4) is 0 Å². The molecule has 1 unspecified atom stereocenters. The van der Waals surface area contributed by atoms with Crippen LogP contribution >= 0.6 is 0 Å². The molecule has 34 heavy (non-hydrogen) atoms. The van der Waals surface area contributed by atoms with Crippen LogP contribution in [0.1, 0.15) is 23.1 Å². The molecule has 4 rings (SSSR count). The van der Waals surface area contributed by atoms with Crippen molar-refractivity contribution in [3.05, 3.63) is 89.5 Å². The van der Waals surface area contributed by atoms with Crippen molar-refractivity contribution >= 4 is 35.0 Å². The predicted octanol–water partition coefficient (Wildman–Crippen LogP) is 4.84. The van der Waals surface area contributed by atoms with Crippen LogP contribution in [0.4, 0.5) is 21.9 Å². The Balaban J connectivity index is 1.28. The number of aryl methyl sites for hydroxylation is 2. The van der Waals surface area contributed by atoms with Crippen molar-refractivity contribution in [2.45, 2.75) is 32.8 Å². The molecule has 7 heteroatoms. The molecular formula is C27H27N3O4. The number of carbonyl (C=O) groups is 3. The first-order valence-electron chi connectivity index (χ1n) is 11.2. The molecular weight excluding hydrogens is 430 g/mol. The Morgan fingerprint density at radius 2 is 1.62 bits per heavy atom. The van der Waals surface area contributed by atoms with Gasteiger partial charge in [-0.3, -0.25) is 14.9 Å². The van der Waals surface area contributed by atoms with E-state index in [9.17, 15) is 14.4 Å². The zero-order chi connectivity index (χ0) is 24.1. The summed E-state index contributed by atoms with van der Waals surface area (Å²) in [5.74, 6) is -0.187. The van der Waals surface area contributed by atoms with Gasteiger partial charge >= 0.3 is 6.09 Å². The normalized spacial score (nSPS) is 15.2. The Morgan fingerprint density at radius 3 is 2.32 bits per heavy atom. The van der Waals surface area contributed by atoms with Crippen molar-refractivity contribution in [1.82, 2.24) is 0 Å². The fourth-order valence-corrected chi connectivity index (χ4v) is 3.92. The first-order valence-corrected chi connectivity index (χ1v) is 11.2. The summed E-state index contributed by atoms with van der Waals surface area (Å²) in [5.41, 5.74) is 5.01. The van der Waals surface area contributed by atoms with Gasteiger partial charge in [-0.25, -0.2) is 4.79 Å². The molecule has 1 fully saturated rings. The maximum atomic E-state index is 12.5. The minimum atomic E-state index is -0.624. The van der Waals surface area contributed by atoms with Crippen molar-refractivity contribution in [2.75, 3.05) is 22.1 Å². The molecule has 0 saturated carbocycles. The molecule has 2 N–H and O–H groups in total. The lowest BCUT2D eigenvalue weighted by Crippen LogP contribution is -2.28. The van der Waals surface area contributed by atoms with E-state index in [-0.39, 0.29) is 24.7 Å². The molecule has 1 heterocycles. The van der Waals surface area contributed by atoms with Gasteiger partial charge in [0.15, 0.2) is 0 Å². The Kier molecular flexibility index (Phi) is 6.92. The highest BCUT2D eigenvalue weighted by Gasteiger charge is 2.34. The monoisotopic (exact) mass is 457 g/mol. The number of ether oxygens (including phenoxy) is 1. The number of hydrogen-bond acceptors (Lipinski definition) is 4. The van der Waals surface area contributed by atoms with Gasteiger partial charge in [-0.15, -0.1) is 0 Å². The van der Waals surface area contributed by atoms with Crippen molar-refractivity contribution in [3.63, 3.8) is 0 Å². The van der Waals surface area contributed by atoms with Gasteiger partial charge in [0, 0.05) is 17.1 Å². The Labute approximate surface area is 198 Å². The second-order valence-corrected chi connectivity index (χ2v) is 8.44. The average molecular weight is 458 g/mol. The summed E-state index contributed by atoms with van der Waals surface area (Å²) in [6, 6.07) is 22.2. The molecule has 3 amide bonds. The van der Waals surface area contributed by atoms with Crippen molar-refractivity contribution in [2.24, 2.45) is 0 Å². The van der Waals surface area contributed by atoms with E-state index >= 15 is 0 Å². The first kappa shape index (κ1) is 23.0. The number of nitrogens with zero attached hydrogens (tertiary/aromatic N) is 1. The van der Waals surface area contributed by atoms with Crippen LogP contribution in [0.3, 0.4) is 0 Å². The molecule has 1 saturated heterocycles. The van der Waals surface area contributed by atoms with Gasteiger partial charge in [-0.2, -0.15) is 0 Å². The van der Waals surface area contributed by atoms with Gasteiger partial charge in [-0.05, 0) is 60.9 Å². The minimum absolute atomic E-state index is 0.0675. The molecule has 0 bridgehead atoms. The molecule has 7 nitrogen and oxygen atoms in total. The maximum Gasteiger partial charge on any atom is 0.411 e. The molecule has 0 aliphatic carbocycles. The van der Waals surface area contributed by atoms with E-state index in [1.807, 2.05) is 62.4 Å². The summed E-state index contributed by atoms with van der Waals surface area (Å²) in [6.07, 6.45) is -0.718. The predicted molar refractivity (Wildman–Crippen MR) is 132 cm³/mol. The summed E-state index contributed by atoms with van der Waals surface area (Å²) in [5, 5.41) is 5.51. The average Bonchev–Trinajstić information content (AvgIpc) is 3.16. The van der Waals surface area contributed by atoms with E-state index in [4.69, 9.17) is 4.74 Å². The lowest BCUT2D eigenvalue weighted by Gasteiger charge is -2.19. The quantitative estimate of drug-likeness (QED) is 0.555. The summed E-state index contributed by atoms with van der Waals surface area (Å²) >= 11 is 0.